The molecule has 0 unspecified atom stereocenters. The van der Waals surface area contributed by atoms with E-state index in [1.165, 1.54) is 45.2 Å². The second-order valence-corrected chi connectivity index (χ2v) is 24.3. The predicted molar refractivity (Wildman–Crippen MR) is 234 cm³/mol. The van der Waals surface area contributed by atoms with Gasteiger partial charge in [0.2, 0.25) is 0 Å². The molecule has 17 heteroatoms. The number of halogens is 1. The normalized spacial score (nSPS) is 15.1. The minimum absolute atomic E-state index is 0.0853. The number of nitrogens with one attached hydrogen (secondary N) is 3. The summed E-state index contributed by atoms with van der Waals surface area (Å²) in [6, 6.07) is 35.0. The lowest BCUT2D eigenvalue weighted by molar-refractivity contribution is 0.242. The monoisotopic (exact) mass is 910 g/mol. The van der Waals surface area contributed by atoms with E-state index in [0.717, 1.165) is 29.8 Å². The number of nitrogens with zero attached hydrogens (tertiary/aromatic N) is 3. The lowest BCUT2D eigenvalue weighted by Gasteiger charge is -2.44. The summed E-state index contributed by atoms with van der Waals surface area (Å²) in [4.78, 5) is 10.6. The van der Waals surface area contributed by atoms with Crippen molar-refractivity contribution in [2.45, 2.75) is 41.6 Å². The molecule has 1 aliphatic rings. The van der Waals surface area contributed by atoms with Gasteiger partial charge in [0.15, 0.2) is 10.3 Å². The molecule has 0 saturated carbocycles. The number of anilines is 3. The van der Waals surface area contributed by atoms with Crippen molar-refractivity contribution < 1.29 is 21.3 Å². The largest absolute Gasteiger partial charge is 0.406 e. The maximum Gasteiger partial charge on any atom is 0.263 e. The highest BCUT2D eigenvalue weighted by Crippen LogP contribution is 2.37. The molecule has 0 radical (unpaired) electrons. The molecule has 3 heterocycles. The minimum atomic E-state index is -3.68. The standard InChI is InChI=1S/C30H36N4O3S2Si.C9H7BrN2O2S2/c1-30(2,3)40(27-10-6-4-7-11-27,28-12-8-5-9-13-28)37-23-24-22-34(20-18-31-24)25-14-16-26(17-15-25)39(35,36)33-29-32-19-21-38-29;10-7-1-3-8(4-2-7)16(13,14)12-9-11-5-6-15-9/h4-17,19,21,24,31H,18,20,22-23H2,1-3H3,(H,32,33);1-6H,(H,11,12)/t24-;/m1./s1. The maximum absolute atomic E-state index is 12.8. The van der Waals surface area contributed by atoms with Gasteiger partial charge < -0.3 is 14.6 Å². The van der Waals surface area contributed by atoms with Crippen LogP contribution in [0.5, 0.6) is 0 Å². The highest BCUT2D eigenvalue weighted by Gasteiger charge is 2.50. The van der Waals surface area contributed by atoms with Crippen LogP contribution in [0.2, 0.25) is 5.04 Å². The van der Waals surface area contributed by atoms with Crippen molar-refractivity contribution in [1.29, 1.82) is 0 Å². The third-order valence-electron chi connectivity index (χ3n) is 9.12. The van der Waals surface area contributed by atoms with E-state index in [0.29, 0.717) is 16.9 Å². The van der Waals surface area contributed by atoms with Crippen LogP contribution < -0.4 is 30.0 Å². The molecule has 1 saturated heterocycles. The van der Waals surface area contributed by atoms with Gasteiger partial charge in [-0.05, 0) is 63.9 Å². The Kier molecular flexibility index (Phi) is 13.5. The second-order valence-electron chi connectivity index (χ2n) is 13.9. The number of aromatic nitrogens is 2. The molecule has 1 fully saturated rings. The van der Waals surface area contributed by atoms with Crippen molar-refractivity contribution in [2.75, 3.05) is 40.6 Å². The number of thiazole rings is 2. The Morgan fingerprint density at radius 1 is 0.768 bits per heavy atom. The Balaban J connectivity index is 0.000000277. The fraction of sp³-hybridized carbons (Fsp3) is 0.231. The van der Waals surface area contributed by atoms with Crippen LogP contribution >= 0.6 is 38.6 Å². The van der Waals surface area contributed by atoms with Crippen molar-refractivity contribution in [3.05, 3.63) is 137 Å². The third kappa shape index (κ3) is 10.1. The van der Waals surface area contributed by atoms with Crippen molar-refractivity contribution in [2.24, 2.45) is 0 Å². The first-order chi connectivity index (χ1) is 26.8. The molecule has 294 valence electrons. The number of hydrogen-bond acceptors (Lipinski definition) is 11. The highest BCUT2D eigenvalue weighted by molar-refractivity contribution is 9.10. The van der Waals surface area contributed by atoms with Gasteiger partial charge in [0, 0.05) is 59.0 Å². The van der Waals surface area contributed by atoms with Crippen molar-refractivity contribution in [1.82, 2.24) is 15.3 Å². The Labute approximate surface area is 346 Å². The summed E-state index contributed by atoms with van der Waals surface area (Å²) in [5.74, 6) is 0. The third-order valence-corrected chi connectivity index (χ3v) is 19.0. The van der Waals surface area contributed by atoms with Crippen LogP contribution in [-0.4, -0.2) is 67.4 Å². The summed E-state index contributed by atoms with van der Waals surface area (Å²) in [6.45, 7) is 9.87. The summed E-state index contributed by atoms with van der Waals surface area (Å²) in [6.07, 6.45) is 3.12. The van der Waals surface area contributed by atoms with Crippen LogP contribution in [0, 0.1) is 0 Å². The fourth-order valence-electron chi connectivity index (χ4n) is 6.50. The lowest BCUT2D eigenvalue weighted by atomic mass is 10.2. The number of sulfonamides is 2. The fourth-order valence-corrected chi connectivity index (χ4v) is 15.0. The zero-order chi connectivity index (χ0) is 39.8. The Bertz CT molecular complexity index is 2310. The Hall–Kier alpha value is -3.94. The quantitative estimate of drug-likeness (QED) is 0.111. The molecular weight excluding hydrogens is 869 g/mol. The minimum Gasteiger partial charge on any atom is -0.406 e. The zero-order valence-corrected chi connectivity index (χ0v) is 36.9. The Morgan fingerprint density at radius 2 is 1.25 bits per heavy atom. The molecule has 0 bridgehead atoms. The predicted octanol–water partition coefficient (Wildman–Crippen LogP) is 7.01. The molecule has 1 aliphatic heterocycles. The van der Waals surface area contributed by atoms with Gasteiger partial charge >= 0.3 is 0 Å². The van der Waals surface area contributed by atoms with Crippen LogP contribution in [0.4, 0.5) is 16.0 Å². The van der Waals surface area contributed by atoms with Crippen molar-refractivity contribution in [3.63, 3.8) is 0 Å². The zero-order valence-electron chi connectivity index (χ0n) is 31.0. The summed E-state index contributed by atoms with van der Waals surface area (Å²) in [5.41, 5.74) is 0.991. The van der Waals surface area contributed by atoms with Gasteiger partial charge in [-0.1, -0.05) is 97.4 Å². The molecule has 0 amide bonds. The molecule has 4 aromatic carbocycles. The van der Waals surface area contributed by atoms with Gasteiger partial charge in [0.05, 0.1) is 16.4 Å². The van der Waals surface area contributed by atoms with Crippen LogP contribution in [-0.2, 0) is 24.5 Å². The summed E-state index contributed by atoms with van der Waals surface area (Å²) < 4.78 is 62.1. The molecule has 0 spiro atoms. The number of benzene rings is 4. The smallest absolute Gasteiger partial charge is 0.263 e. The van der Waals surface area contributed by atoms with Crippen molar-refractivity contribution in [3.8, 4) is 0 Å². The first-order valence-electron chi connectivity index (χ1n) is 17.7. The molecule has 3 N–H and O–H groups in total. The van der Waals surface area contributed by atoms with Crippen LogP contribution in [0.25, 0.3) is 0 Å². The SMILES string of the molecule is CC(C)(C)[Si](OC[C@H]1CN(c2ccc(S(=O)(=O)Nc3nccs3)cc2)CCN1)(c1ccccc1)c1ccccc1.O=S(=O)(Nc1nccs1)c1ccc(Br)cc1. The summed E-state index contributed by atoms with van der Waals surface area (Å²) in [7, 11) is -9.83. The van der Waals surface area contributed by atoms with Gasteiger partial charge in [-0.2, -0.15) is 0 Å². The molecule has 1 atom stereocenters. The van der Waals surface area contributed by atoms with E-state index in [9.17, 15) is 16.8 Å². The molecule has 56 heavy (non-hydrogen) atoms. The Morgan fingerprint density at radius 3 is 1.70 bits per heavy atom. The average molecular weight is 912 g/mol. The van der Waals surface area contributed by atoms with E-state index < -0.39 is 28.4 Å². The van der Waals surface area contributed by atoms with E-state index in [4.69, 9.17) is 4.43 Å². The molecule has 6 aromatic rings. The first-order valence-corrected chi connectivity index (χ1v) is 25.1. The van der Waals surface area contributed by atoms with E-state index in [-0.39, 0.29) is 20.9 Å². The van der Waals surface area contributed by atoms with Gasteiger partial charge in [-0.25, -0.2) is 26.8 Å². The van der Waals surface area contributed by atoms with Crippen LogP contribution in [0.1, 0.15) is 20.8 Å². The average Bonchev–Trinajstić information content (AvgIpc) is 3.90. The lowest BCUT2D eigenvalue weighted by Crippen LogP contribution is -2.68. The van der Waals surface area contributed by atoms with E-state index in [1.807, 2.05) is 12.1 Å². The van der Waals surface area contributed by atoms with Crippen LogP contribution in [0.15, 0.2) is 147 Å². The first kappa shape index (κ1) is 41.7. The molecule has 7 rings (SSSR count). The van der Waals surface area contributed by atoms with Crippen molar-refractivity contribution >= 4 is 93.3 Å². The molecule has 11 nitrogen and oxygen atoms in total. The van der Waals surface area contributed by atoms with Crippen LogP contribution in [0.3, 0.4) is 0 Å². The van der Waals surface area contributed by atoms with E-state index in [1.54, 1.807) is 47.4 Å². The van der Waals surface area contributed by atoms with Gasteiger partial charge in [-0.3, -0.25) is 9.44 Å². The number of piperazine rings is 1. The molecular formula is C39H43BrN6O5S4Si. The summed E-state index contributed by atoms with van der Waals surface area (Å²) in [5, 5.41) is 10.3. The van der Waals surface area contributed by atoms with E-state index >= 15 is 0 Å². The molecule has 0 aliphatic carbocycles. The highest BCUT2D eigenvalue weighted by atomic mass is 79.9. The molecule has 2 aromatic heterocycles. The second kappa shape index (κ2) is 18.1. The van der Waals surface area contributed by atoms with Gasteiger partial charge in [0.25, 0.3) is 28.4 Å². The number of rotatable bonds is 12. The van der Waals surface area contributed by atoms with E-state index in [2.05, 4.69) is 127 Å². The topological polar surface area (TPSA) is 143 Å². The maximum atomic E-state index is 12.8. The van der Waals surface area contributed by atoms with Gasteiger partial charge in [-0.15, -0.1) is 22.7 Å². The number of hydrogen-bond donors (Lipinski definition) is 3. The summed E-state index contributed by atoms with van der Waals surface area (Å²) >= 11 is 5.73. The van der Waals surface area contributed by atoms with Gasteiger partial charge in [0.1, 0.15) is 0 Å².